The molecule has 0 aliphatic heterocycles. The average Bonchev–Trinajstić information content (AvgIpc) is 2.42. The molecule has 0 spiro atoms. The molecule has 0 saturated heterocycles. The molecule has 0 radical (unpaired) electrons. The van der Waals surface area contributed by atoms with Crippen molar-refractivity contribution in [3.63, 3.8) is 0 Å². The number of aromatic nitrogens is 1. The number of hydrogen-bond acceptors (Lipinski definition) is 5. The normalized spacial score (nSPS) is 27.8. The quantitative estimate of drug-likeness (QED) is 0.584. The predicted octanol–water partition coefficient (Wildman–Crippen LogP) is 1.99. The largest absolute Gasteiger partial charge is 0.383 e. The molecule has 2 rings (SSSR count). The van der Waals surface area contributed by atoms with Gasteiger partial charge in [0.25, 0.3) is 0 Å². The van der Waals surface area contributed by atoms with Crippen LogP contribution in [0.3, 0.4) is 0 Å². The van der Waals surface area contributed by atoms with E-state index in [4.69, 9.17) is 11.6 Å². The number of hydrazine groups is 1. The summed E-state index contributed by atoms with van der Waals surface area (Å²) in [5.41, 5.74) is 11.4. The molecule has 5 heteroatoms. The molecule has 3 atom stereocenters. The number of hydrogen-bond donors (Lipinski definition) is 3. The van der Waals surface area contributed by atoms with Crippen molar-refractivity contribution in [1.29, 1.82) is 0 Å². The smallest absolute Gasteiger partial charge is 0.128 e. The van der Waals surface area contributed by atoms with Crippen LogP contribution in [0, 0.1) is 12.8 Å². The van der Waals surface area contributed by atoms with Gasteiger partial charge in [-0.1, -0.05) is 19.8 Å². The third-order valence-electron chi connectivity index (χ3n) is 5.13. The first kappa shape index (κ1) is 16.2. The number of pyridine rings is 1. The first-order chi connectivity index (χ1) is 9.92. The maximum Gasteiger partial charge on any atom is 0.128 e. The highest BCUT2D eigenvalue weighted by molar-refractivity contribution is 5.47. The van der Waals surface area contributed by atoms with Crippen molar-refractivity contribution >= 4 is 5.82 Å². The van der Waals surface area contributed by atoms with Crippen molar-refractivity contribution in [1.82, 2.24) is 15.3 Å². The number of rotatable bonds is 4. The standard InChI is InChI=1S/C16H29N5/c1-11-6-5-8-16(10-11,21(3)4)14(20-18)13-12(2)7-9-19-15(13)17/h7,9,11,14,20H,5-6,8,10,18H2,1-4H3,(H2,17,19). The minimum absolute atomic E-state index is 0.0102. The molecule has 1 aromatic rings. The molecule has 1 aliphatic rings. The van der Waals surface area contributed by atoms with E-state index in [2.05, 4.69) is 43.3 Å². The molecular weight excluding hydrogens is 262 g/mol. The number of nitrogens with two attached hydrogens (primary N) is 2. The fourth-order valence-corrected chi connectivity index (χ4v) is 3.96. The molecule has 3 unspecified atom stereocenters. The summed E-state index contributed by atoms with van der Waals surface area (Å²) in [7, 11) is 4.29. The molecule has 1 fully saturated rings. The van der Waals surface area contributed by atoms with Gasteiger partial charge >= 0.3 is 0 Å². The Morgan fingerprint density at radius 2 is 2.19 bits per heavy atom. The number of nitrogens with one attached hydrogen (secondary N) is 1. The Labute approximate surface area is 128 Å². The Morgan fingerprint density at radius 3 is 2.71 bits per heavy atom. The average molecular weight is 291 g/mol. The zero-order valence-corrected chi connectivity index (χ0v) is 13.7. The van der Waals surface area contributed by atoms with Crippen LogP contribution in [0.15, 0.2) is 12.3 Å². The van der Waals surface area contributed by atoms with Crippen molar-refractivity contribution in [2.75, 3.05) is 19.8 Å². The molecule has 1 heterocycles. The van der Waals surface area contributed by atoms with Gasteiger partial charge in [-0.15, -0.1) is 0 Å². The van der Waals surface area contributed by atoms with E-state index >= 15 is 0 Å². The summed E-state index contributed by atoms with van der Waals surface area (Å²) in [5.74, 6) is 7.25. The molecule has 0 aromatic carbocycles. The maximum atomic E-state index is 6.17. The van der Waals surface area contributed by atoms with Crippen LogP contribution in [0.4, 0.5) is 5.82 Å². The summed E-state index contributed by atoms with van der Waals surface area (Å²) in [5, 5.41) is 0. The summed E-state index contributed by atoms with van der Waals surface area (Å²) in [6, 6.07) is 2.00. The molecule has 1 aromatic heterocycles. The van der Waals surface area contributed by atoms with Crippen molar-refractivity contribution < 1.29 is 0 Å². The minimum atomic E-state index is -0.0195. The zero-order valence-electron chi connectivity index (χ0n) is 13.7. The van der Waals surface area contributed by atoms with E-state index in [0.717, 1.165) is 24.0 Å². The lowest BCUT2D eigenvalue weighted by Crippen LogP contribution is -2.57. The van der Waals surface area contributed by atoms with Crippen molar-refractivity contribution in [3.8, 4) is 0 Å². The van der Waals surface area contributed by atoms with Crippen LogP contribution in [-0.2, 0) is 0 Å². The van der Waals surface area contributed by atoms with Gasteiger partial charge in [-0.05, 0) is 51.4 Å². The monoisotopic (exact) mass is 291 g/mol. The summed E-state index contributed by atoms with van der Waals surface area (Å²) in [6.07, 6.45) is 6.49. The van der Waals surface area contributed by atoms with Gasteiger partial charge in [-0.3, -0.25) is 11.3 Å². The lowest BCUT2D eigenvalue weighted by Gasteiger charge is -2.50. The fourth-order valence-electron chi connectivity index (χ4n) is 3.96. The molecule has 5 N–H and O–H groups in total. The lowest BCUT2D eigenvalue weighted by atomic mass is 9.69. The highest BCUT2D eigenvalue weighted by Crippen LogP contribution is 2.45. The summed E-state index contributed by atoms with van der Waals surface area (Å²) < 4.78 is 0. The Morgan fingerprint density at radius 1 is 1.48 bits per heavy atom. The predicted molar refractivity (Wildman–Crippen MR) is 87.5 cm³/mol. The lowest BCUT2D eigenvalue weighted by molar-refractivity contribution is 0.0366. The zero-order chi connectivity index (χ0) is 15.6. The number of aryl methyl sites for hydroxylation is 1. The molecule has 5 nitrogen and oxygen atoms in total. The van der Waals surface area contributed by atoms with E-state index in [1.165, 1.54) is 12.8 Å². The van der Waals surface area contributed by atoms with Crippen molar-refractivity contribution in [3.05, 3.63) is 23.4 Å². The van der Waals surface area contributed by atoms with Crippen LogP contribution in [0.5, 0.6) is 0 Å². The van der Waals surface area contributed by atoms with Gasteiger partial charge in [0, 0.05) is 17.3 Å². The van der Waals surface area contributed by atoms with Crippen LogP contribution >= 0.6 is 0 Å². The summed E-state index contributed by atoms with van der Waals surface area (Å²) in [6.45, 7) is 4.40. The Bertz CT molecular complexity index is 467. The van der Waals surface area contributed by atoms with Gasteiger partial charge in [0.05, 0.1) is 6.04 Å². The van der Waals surface area contributed by atoms with Gasteiger partial charge in [0.1, 0.15) is 5.82 Å². The van der Waals surface area contributed by atoms with Crippen molar-refractivity contribution in [2.24, 2.45) is 11.8 Å². The maximum absolute atomic E-state index is 6.17. The van der Waals surface area contributed by atoms with Gasteiger partial charge < -0.3 is 10.6 Å². The van der Waals surface area contributed by atoms with Crippen LogP contribution in [-0.4, -0.2) is 29.5 Å². The topological polar surface area (TPSA) is 80.2 Å². The molecule has 1 aliphatic carbocycles. The fraction of sp³-hybridized carbons (Fsp3) is 0.688. The third kappa shape index (κ3) is 2.91. The van der Waals surface area contributed by atoms with Crippen LogP contribution < -0.4 is 17.0 Å². The molecule has 0 amide bonds. The van der Waals surface area contributed by atoms with Gasteiger partial charge in [-0.25, -0.2) is 4.98 Å². The highest BCUT2D eigenvalue weighted by Gasteiger charge is 2.45. The van der Waals surface area contributed by atoms with Gasteiger partial charge in [0.15, 0.2) is 0 Å². The van der Waals surface area contributed by atoms with Crippen LogP contribution in [0.1, 0.15) is 49.8 Å². The minimum Gasteiger partial charge on any atom is -0.383 e. The Hall–Kier alpha value is -1.17. The van der Waals surface area contributed by atoms with Crippen LogP contribution in [0.2, 0.25) is 0 Å². The summed E-state index contributed by atoms with van der Waals surface area (Å²) >= 11 is 0. The molecular formula is C16H29N5. The molecule has 21 heavy (non-hydrogen) atoms. The van der Waals surface area contributed by atoms with E-state index in [0.29, 0.717) is 11.7 Å². The third-order valence-corrected chi connectivity index (χ3v) is 5.13. The number of nitrogens with zero attached hydrogens (tertiary/aromatic N) is 2. The number of anilines is 1. The number of likely N-dealkylation sites (N-methyl/N-ethyl adjacent to an activating group) is 1. The van der Waals surface area contributed by atoms with E-state index in [1.807, 2.05) is 6.07 Å². The second-order valence-electron chi connectivity index (χ2n) is 6.73. The van der Waals surface area contributed by atoms with Gasteiger partial charge in [-0.2, -0.15) is 0 Å². The van der Waals surface area contributed by atoms with E-state index < -0.39 is 0 Å². The second kappa shape index (κ2) is 6.30. The molecule has 1 saturated carbocycles. The summed E-state index contributed by atoms with van der Waals surface area (Å²) in [4.78, 5) is 6.60. The Kier molecular flexibility index (Phi) is 4.86. The Balaban J connectivity index is 2.50. The van der Waals surface area contributed by atoms with Crippen molar-refractivity contribution in [2.45, 2.75) is 51.1 Å². The molecule has 118 valence electrons. The first-order valence-corrected chi connectivity index (χ1v) is 7.77. The number of nitrogen functional groups attached to an aromatic ring is 1. The first-order valence-electron chi connectivity index (χ1n) is 7.77. The second-order valence-corrected chi connectivity index (χ2v) is 6.73. The highest BCUT2D eigenvalue weighted by atomic mass is 15.3. The van der Waals surface area contributed by atoms with E-state index in [9.17, 15) is 0 Å². The van der Waals surface area contributed by atoms with Crippen LogP contribution in [0.25, 0.3) is 0 Å². The SMILES string of the molecule is Cc1ccnc(N)c1C(NN)C1(N(C)C)CCCC(C)C1. The van der Waals surface area contributed by atoms with Gasteiger partial charge in [0.2, 0.25) is 0 Å². The molecule has 0 bridgehead atoms. The van der Waals surface area contributed by atoms with E-state index in [-0.39, 0.29) is 11.6 Å². The van der Waals surface area contributed by atoms with E-state index in [1.54, 1.807) is 6.20 Å².